The summed E-state index contributed by atoms with van der Waals surface area (Å²) < 4.78 is 10.4. The zero-order valence-electron chi connectivity index (χ0n) is 12.2. The third-order valence-electron chi connectivity index (χ3n) is 2.94. The fourth-order valence-corrected chi connectivity index (χ4v) is 1.94. The normalized spacial score (nSPS) is 10.0. The standard InChI is InChI=1S/C15H17N3O3/c1-10-7-11(18-9-17-10)8-16-15(19)12-5-4-6-13(20-2)14(12)21-3/h4-7,9H,8H2,1-3H3,(H,16,19). The van der Waals surface area contributed by atoms with Crippen LogP contribution in [0.5, 0.6) is 11.5 Å². The summed E-state index contributed by atoms with van der Waals surface area (Å²) >= 11 is 0. The van der Waals surface area contributed by atoms with Gasteiger partial charge in [0.15, 0.2) is 11.5 Å². The molecule has 1 amide bonds. The van der Waals surface area contributed by atoms with Crippen molar-refractivity contribution in [3.63, 3.8) is 0 Å². The Hall–Kier alpha value is -2.63. The van der Waals surface area contributed by atoms with Gasteiger partial charge < -0.3 is 14.8 Å². The van der Waals surface area contributed by atoms with E-state index in [9.17, 15) is 4.79 Å². The van der Waals surface area contributed by atoms with Crippen LogP contribution in [0.1, 0.15) is 21.7 Å². The molecule has 2 aromatic rings. The fourth-order valence-electron chi connectivity index (χ4n) is 1.94. The average Bonchev–Trinajstić information content (AvgIpc) is 2.51. The molecule has 1 aromatic heterocycles. The van der Waals surface area contributed by atoms with Gasteiger partial charge in [0.1, 0.15) is 6.33 Å². The number of para-hydroxylation sites is 1. The van der Waals surface area contributed by atoms with Crippen molar-refractivity contribution in [1.29, 1.82) is 0 Å². The number of methoxy groups -OCH3 is 2. The van der Waals surface area contributed by atoms with Crippen molar-refractivity contribution in [2.75, 3.05) is 14.2 Å². The van der Waals surface area contributed by atoms with E-state index in [2.05, 4.69) is 15.3 Å². The Morgan fingerprint density at radius 3 is 2.71 bits per heavy atom. The van der Waals surface area contributed by atoms with Gasteiger partial charge in [-0.1, -0.05) is 6.07 Å². The minimum absolute atomic E-state index is 0.248. The van der Waals surface area contributed by atoms with Crippen LogP contribution in [0.25, 0.3) is 0 Å². The van der Waals surface area contributed by atoms with Gasteiger partial charge >= 0.3 is 0 Å². The molecule has 0 radical (unpaired) electrons. The summed E-state index contributed by atoms with van der Waals surface area (Å²) in [5.41, 5.74) is 2.02. The molecule has 0 atom stereocenters. The van der Waals surface area contributed by atoms with E-state index >= 15 is 0 Å². The second-order valence-corrected chi connectivity index (χ2v) is 4.37. The summed E-state index contributed by atoms with van der Waals surface area (Å²) in [5, 5.41) is 2.80. The second-order valence-electron chi connectivity index (χ2n) is 4.37. The average molecular weight is 287 g/mol. The first kappa shape index (κ1) is 14.8. The number of rotatable bonds is 5. The monoisotopic (exact) mass is 287 g/mol. The first-order valence-corrected chi connectivity index (χ1v) is 6.42. The maximum absolute atomic E-state index is 12.3. The number of hydrogen-bond acceptors (Lipinski definition) is 5. The van der Waals surface area contributed by atoms with Gasteiger partial charge in [0.2, 0.25) is 0 Å². The Labute approximate surface area is 123 Å². The first-order chi connectivity index (χ1) is 10.2. The van der Waals surface area contributed by atoms with E-state index in [4.69, 9.17) is 9.47 Å². The van der Waals surface area contributed by atoms with Crippen molar-refractivity contribution < 1.29 is 14.3 Å². The van der Waals surface area contributed by atoms with Crippen molar-refractivity contribution in [3.8, 4) is 11.5 Å². The van der Waals surface area contributed by atoms with Gasteiger partial charge in [0, 0.05) is 5.69 Å². The predicted octanol–water partition coefficient (Wildman–Crippen LogP) is 1.73. The number of amides is 1. The molecule has 0 aliphatic heterocycles. The van der Waals surface area contributed by atoms with E-state index in [0.29, 0.717) is 23.6 Å². The van der Waals surface area contributed by atoms with Gasteiger partial charge in [-0.3, -0.25) is 4.79 Å². The summed E-state index contributed by atoms with van der Waals surface area (Å²) in [6.07, 6.45) is 1.48. The molecule has 0 saturated carbocycles. The molecule has 0 unspecified atom stereocenters. The largest absolute Gasteiger partial charge is 0.493 e. The molecule has 21 heavy (non-hydrogen) atoms. The maximum atomic E-state index is 12.3. The highest BCUT2D eigenvalue weighted by Crippen LogP contribution is 2.30. The smallest absolute Gasteiger partial charge is 0.255 e. The Morgan fingerprint density at radius 1 is 1.24 bits per heavy atom. The summed E-state index contributed by atoms with van der Waals surface area (Å²) in [4.78, 5) is 20.4. The molecule has 0 aliphatic carbocycles. The Morgan fingerprint density at radius 2 is 2.05 bits per heavy atom. The van der Waals surface area contributed by atoms with E-state index in [1.54, 1.807) is 18.2 Å². The second kappa shape index (κ2) is 6.69. The number of benzene rings is 1. The zero-order valence-corrected chi connectivity index (χ0v) is 12.2. The van der Waals surface area contributed by atoms with Crippen LogP contribution in [-0.4, -0.2) is 30.1 Å². The fraction of sp³-hybridized carbons (Fsp3) is 0.267. The molecule has 2 rings (SSSR count). The summed E-state index contributed by atoms with van der Waals surface area (Å²) in [6.45, 7) is 2.20. The molecule has 0 bridgehead atoms. The van der Waals surface area contributed by atoms with Gasteiger partial charge in [-0.15, -0.1) is 0 Å². The number of aryl methyl sites for hydroxylation is 1. The number of hydrogen-bond donors (Lipinski definition) is 1. The van der Waals surface area contributed by atoms with Crippen LogP contribution in [0.4, 0.5) is 0 Å². The molecule has 110 valence electrons. The molecule has 0 spiro atoms. The van der Waals surface area contributed by atoms with Crippen LogP contribution in [-0.2, 0) is 6.54 Å². The lowest BCUT2D eigenvalue weighted by molar-refractivity contribution is 0.0946. The minimum atomic E-state index is -0.248. The zero-order chi connectivity index (χ0) is 15.2. The van der Waals surface area contributed by atoms with Crippen LogP contribution in [0.15, 0.2) is 30.6 Å². The van der Waals surface area contributed by atoms with Crippen LogP contribution >= 0.6 is 0 Å². The molecule has 6 nitrogen and oxygen atoms in total. The van der Waals surface area contributed by atoms with Crippen LogP contribution in [0, 0.1) is 6.92 Å². The van der Waals surface area contributed by atoms with Crippen molar-refractivity contribution in [2.24, 2.45) is 0 Å². The highest BCUT2D eigenvalue weighted by Gasteiger charge is 2.16. The minimum Gasteiger partial charge on any atom is -0.493 e. The van der Waals surface area contributed by atoms with Gasteiger partial charge in [-0.05, 0) is 25.1 Å². The van der Waals surface area contributed by atoms with Crippen LogP contribution in [0.3, 0.4) is 0 Å². The van der Waals surface area contributed by atoms with Crippen molar-refractivity contribution in [3.05, 3.63) is 47.5 Å². The SMILES string of the molecule is COc1cccc(C(=O)NCc2cc(C)ncn2)c1OC. The Balaban J connectivity index is 2.14. The molecule has 6 heteroatoms. The third-order valence-corrected chi connectivity index (χ3v) is 2.94. The number of nitrogens with one attached hydrogen (secondary N) is 1. The predicted molar refractivity (Wildman–Crippen MR) is 77.5 cm³/mol. The quantitative estimate of drug-likeness (QED) is 0.906. The molecule has 1 aromatic carbocycles. The van der Waals surface area contributed by atoms with E-state index in [1.165, 1.54) is 20.5 Å². The van der Waals surface area contributed by atoms with E-state index in [-0.39, 0.29) is 5.91 Å². The Bertz CT molecular complexity index is 644. The van der Waals surface area contributed by atoms with Crippen LogP contribution < -0.4 is 14.8 Å². The van der Waals surface area contributed by atoms with Crippen molar-refractivity contribution in [1.82, 2.24) is 15.3 Å². The molecular formula is C15H17N3O3. The number of ether oxygens (including phenoxy) is 2. The summed E-state index contributed by atoms with van der Waals surface area (Å²) in [5.74, 6) is 0.682. The topological polar surface area (TPSA) is 73.3 Å². The number of aromatic nitrogens is 2. The lowest BCUT2D eigenvalue weighted by atomic mass is 10.1. The molecule has 0 saturated heterocycles. The van der Waals surface area contributed by atoms with Gasteiger partial charge in [-0.2, -0.15) is 0 Å². The van der Waals surface area contributed by atoms with Gasteiger partial charge in [-0.25, -0.2) is 9.97 Å². The van der Waals surface area contributed by atoms with E-state index in [0.717, 1.165) is 11.4 Å². The Kier molecular flexibility index (Phi) is 4.71. The lowest BCUT2D eigenvalue weighted by Crippen LogP contribution is -2.24. The van der Waals surface area contributed by atoms with Gasteiger partial charge in [0.05, 0.1) is 32.0 Å². The highest BCUT2D eigenvalue weighted by atomic mass is 16.5. The molecule has 1 N–H and O–H groups in total. The first-order valence-electron chi connectivity index (χ1n) is 6.42. The lowest BCUT2D eigenvalue weighted by Gasteiger charge is -2.12. The van der Waals surface area contributed by atoms with Crippen molar-refractivity contribution in [2.45, 2.75) is 13.5 Å². The number of carbonyl (C=O) groups is 1. The summed E-state index contributed by atoms with van der Waals surface area (Å²) in [7, 11) is 3.03. The van der Waals surface area contributed by atoms with E-state index in [1.807, 2.05) is 13.0 Å². The number of carbonyl (C=O) groups excluding carboxylic acids is 1. The van der Waals surface area contributed by atoms with Crippen molar-refractivity contribution >= 4 is 5.91 Å². The molecule has 1 heterocycles. The van der Waals surface area contributed by atoms with E-state index < -0.39 is 0 Å². The molecular weight excluding hydrogens is 270 g/mol. The van der Waals surface area contributed by atoms with Crippen LogP contribution in [0.2, 0.25) is 0 Å². The molecule has 0 fully saturated rings. The van der Waals surface area contributed by atoms with Gasteiger partial charge in [0.25, 0.3) is 5.91 Å². The third kappa shape index (κ3) is 3.47. The summed E-state index contributed by atoms with van der Waals surface area (Å²) in [6, 6.07) is 6.99. The number of nitrogens with zero attached hydrogens (tertiary/aromatic N) is 2. The maximum Gasteiger partial charge on any atom is 0.255 e. The molecule has 0 aliphatic rings. The highest BCUT2D eigenvalue weighted by molar-refractivity contribution is 5.97.